The second-order valence-corrected chi connectivity index (χ2v) is 5.21. The van der Waals surface area contributed by atoms with E-state index < -0.39 is 0 Å². The molecular weight excluding hydrogens is 186 g/mol. The van der Waals surface area contributed by atoms with Crippen LogP contribution < -0.4 is 5.32 Å². The normalized spacial score (nSPS) is 29.0. The van der Waals surface area contributed by atoms with Crippen LogP contribution in [0.15, 0.2) is 0 Å². The van der Waals surface area contributed by atoms with E-state index in [0.29, 0.717) is 6.10 Å². The molecule has 1 aliphatic carbocycles. The van der Waals surface area contributed by atoms with Gasteiger partial charge in [0.2, 0.25) is 0 Å². The fourth-order valence-electron chi connectivity index (χ4n) is 2.64. The molecule has 0 spiro atoms. The van der Waals surface area contributed by atoms with Crippen LogP contribution in [0.2, 0.25) is 0 Å². The van der Waals surface area contributed by atoms with E-state index in [1.165, 1.54) is 51.5 Å². The molecule has 88 valence electrons. The zero-order chi connectivity index (χ0) is 10.5. The Morgan fingerprint density at radius 1 is 1.27 bits per heavy atom. The number of nitrogens with one attached hydrogen (secondary N) is 1. The van der Waals surface area contributed by atoms with Crippen LogP contribution >= 0.6 is 0 Å². The molecule has 0 aromatic heterocycles. The SMILES string of the molecule is CC(NCCCC1CCCO1)C1CCC1. The Hall–Kier alpha value is -0.0800. The van der Waals surface area contributed by atoms with Crippen LogP contribution in [0.25, 0.3) is 0 Å². The first-order valence-corrected chi connectivity index (χ1v) is 6.71. The maximum Gasteiger partial charge on any atom is 0.0576 e. The zero-order valence-electron chi connectivity index (χ0n) is 10.0. The second-order valence-electron chi connectivity index (χ2n) is 5.21. The van der Waals surface area contributed by atoms with Crippen molar-refractivity contribution in [1.82, 2.24) is 5.32 Å². The van der Waals surface area contributed by atoms with Crippen molar-refractivity contribution in [3.63, 3.8) is 0 Å². The Balaban J connectivity index is 1.47. The highest BCUT2D eigenvalue weighted by Crippen LogP contribution is 2.29. The Bertz CT molecular complexity index is 173. The van der Waals surface area contributed by atoms with Crippen molar-refractivity contribution >= 4 is 0 Å². The quantitative estimate of drug-likeness (QED) is 0.682. The van der Waals surface area contributed by atoms with Crippen molar-refractivity contribution in [1.29, 1.82) is 0 Å². The lowest BCUT2D eigenvalue weighted by Crippen LogP contribution is -2.37. The first-order chi connectivity index (χ1) is 7.36. The summed E-state index contributed by atoms with van der Waals surface area (Å²) >= 11 is 0. The van der Waals surface area contributed by atoms with E-state index in [4.69, 9.17) is 4.74 Å². The number of rotatable bonds is 6. The van der Waals surface area contributed by atoms with Gasteiger partial charge in [0.1, 0.15) is 0 Å². The molecular formula is C13H25NO. The lowest BCUT2D eigenvalue weighted by Gasteiger charge is -2.32. The van der Waals surface area contributed by atoms with Gasteiger partial charge < -0.3 is 10.1 Å². The first kappa shape index (κ1) is 11.4. The van der Waals surface area contributed by atoms with E-state index in [0.717, 1.165) is 18.6 Å². The summed E-state index contributed by atoms with van der Waals surface area (Å²) in [6, 6.07) is 0.739. The van der Waals surface area contributed by atoms with Crippen molar-refractivity contribution in [3.05, 3.63) is 0 Å². The summed E-state index contributed by atoms with van der Waals surface area (Å²) in [5.74, 6) is 0.965. The van der Waals surface area contributed by atoms with E-state index in [1.807, 2.05) is 0 Å². The molecule has 2 heteroatoms. The molecule has 1 saturated heterocycles. The van der Waals surface area contributed by atoms with E-state index in [-0.39, 0.29) is 0 Å². The van der Waals surface area contributed by atoms with Crippen molar-refractivity contribution in [2.45, 2.75) is 64.0 Å². The smallest absolute Gasteiger partial charge is 0.0576 e. The van der Waals surface area contributed by atoms with Gasteiger partial charge in [-0.1, -0.05) is 6.42 Å². The highest BCUT2D eigenvalue weighted by molar-refractivity contribution is 4.79. The number of hydrogen-bond acceptors (Lipinski definition) is 2. The molecule has 1 N–H and O–H groups in total. The van der Waals surface area contributed by atoms with E-state index >= 15 is 0 Å². The van der Waals surface area contributed by atoms with Crippen LogP contribution in [0.4, 0.5) is 0 Å². The Morgan fingerprint density at radius 3 is 2.73 bits per heavy atom. The van der Waals surface area contributed by atoms with Gasteiger partial charge in [-0.3, -0.25) is 0 Å². The standard InChI is InChI=1S/C13H25NO/c1-11(12-5-2-6-12)14-9-3-7-13-8-4-10-15-13/h11-14H,2-10H2,1H3. The molecule has 2 aliphatic rings. The number of ether oxygens (including phenoxy) is 1. The van der Waals surface area contributed by atoms with Crippen molar-refractivity contribution in [3.8, 4) is 0 Å². The number of hydrogen-bond donors (Lipinski definition) is 1. The molecule has 2 atom stereocenters. The third-order valence-corrected chi connectivity index (χ3v) is 4.05. The Morgan fingerprint density at radius 2 is 2.13 bits per heavy atom. The summed E-state index contributed by atoms with van der Waals surface area (Å²) in [7, 11) is 0. The van der Waals surface area contributed by atoms with Gasteiger partial charge in [-0.05, 0) is 57.9 Å². The minimum absolute atomic E-state index is 0.575. The topological polar surface area (TPSA) is 21.3 Å². The summed E-state index contributed by atoms with van der Waals surface area (Å²) in [6.45, 7) is 4.52. The van der Waals surface area contributed by atoms with E-state index in [2.05, 4.69) is 12.2 Å². The maximum atomic E-state index is 5.61. The maximum absolute atomic E-state index is 5.61. The fourth-order valence-corrected chi connectivity index (χ4v) is 2.64. The molecule has 0 bridgehead atoms. The fraction of sp³-hybridized carbons (Fsp3) is 1.00. The highest BCUT2D eigenvalue weighted by Gasteiger charge is 2.23. The van der Waals surface area contributed by atoms with Gasteiger partial charge in [0, 0.05) is 12.6 Å². The average molecular weight is 211 g/mol. The molecule has 0 aromatic carbocycles. The summed E-state index contributed by atoms with van der Waals surface area (Å²) in [5, 5.41) is 3.65. The van der Waals surface area contributed by atoms with Gasteiger partial charge >= 0.3 is 0 Å². The van der Waals surface area contributed by atoms with Gasteiger partial charge in [0.15, 0.2) is 0 Å². The Labute approximate surface area is 93.8 Å². The summed E-state index contributed by atoms with van der Waals surface area (Å²) < 4.78 is 5.61. The van der Waals surface area contributed by atoms with Gasteiger partial charge in [-0.2, -0.15) is 0 Å². The Kier molecular flexibility index (Phi) is 4.45. The van der Waals surface area contributed by atoms with Crippen molar-refractivity contribution in [2.24, 2.45) is 5.92 Å². The average Bonchev–Trinajstić information content (AvgIpc) is 2.62. The van der Waals surface area contributed by atoms with Crippen LogP contribution in [0, 0.1) is 5.92 Å². The molecule has 0 aromatic rings. The molecule has 1 aliphatic heterocycles. The lowest BCUT2D eigenvalue weighted by atomic mass is 9.80. The molecule has 1 heterocycles. The molecule has 2 fully saturated rings. The van der Waals surface area contributed by atoms with Gasteiger partial charge in [-0.25, -0.2) is 0 Å². The predicted octanol–water partition coefficient (Wildman–Crippen LogP) is 2.72. The largest absolute Gasteiger partial charge is 0.378 e. The molecule has 1 saturated carbocycles. The van der Waals surface area contributed by atoms with Gasteiger partial charge in [-0.15, -0.1) is 0 Å². The molecule has 2 unspecified atom stereocenters. The molecule has 2 nitrogen and oxygen atoms in total. The lowest BCUT2D eigenvalue weighted by molar-refractivity contribution is 0.102. The van der Waals surface area contributed by atoms with Crippen LogP contribution in [0.5, 0.6) is 0 Å². The van der Waals surface area contributed by atoms with Crippen LogP contribution in [-0.2, 0) is 4.74 Å². The second kappa shape index (κ2) is 5.86. The summed E-state index contributed by atoms with van der Waals surface area (Å²) in [5.41, 5.74) is 0. The van der Waals surface area contributed by atoms with Crippen molar-refractivity contribution < 1.29 is 4.74 Å². The minimum Gasteiger partial charge on any atom is -0.378 e. The monoisotopic (exact) mass is 211 g/mol. The van der Waals surface area contributed by atoms with Crippen LogP contribution in [0.1, 0.15) is 51.9 Å². The third-order valence-electron chi connectivity index (χ3n) is 4.05. The predicted molar refractivity (Wildman–Crippen MR) is 63.0 cm³/mol. The molecule has 15 heavy (non-hydrogen) atoms. The van der Waals surface area contributed by atoms with E-state index in [1.54, 1.807) is 0 Å². The van der Waals surface area contributed by atoms with Gasteiger partial charge in [0.25, 0.3) is 0 Å². The minimum atomic E-state index is 0.575. The molecule has 2 rings (SSSR count). The summed E-state index contributed by atoms with van der Waals surface area (Å²) in [6.07, 6.45) is 10.0. The third kappa shape index (κ3) is 3.46. The highest BCUT2D eigenvalue weighted by atomic mass is 16.5. The van der Waals surface area contributed by atoms with E-state index in [9.17, 15) is 0 Å². The zero-order valence-corrected chi connectivity index (χ0v) is 10.0. The summed E-state index contributed by atoms with van der Waals surface area (Å²) in [4.78, 5) is 0. The van der Waals surface area contributed by atoms with Crippen LogP contribution in [-0.4, -0.2) is 25.3 Å². The molecule has 0 amide bonds. The van der Waals surface area contributed by atoms with Crippen molar-refractivity contribution in [2.75, 3.05) is 13.2 Å². The first-order valence-electron chi connectivity index (χ1n) is 6.71. The van der Waals surface area contributed by atoms with Crippen LogP contribution in [0.3, 0.4) is 0 Å². The molecule has 0 radical (unpaired) electrons. The van der Waals surface area contributed by atoms with Gasteiger partial charge in [0.05, 0.1) is 6.10 Å².